The van der Waals surface area contributed by atoms with Crippen LogP contribution >= 0.6 is 15.9 Å². The highest BCUT2D eigenvalue weighted by atomic mass is 79.9. The Balaban J connectivity index is 1.87. The third-order valence-electron chi connectivity index (χ3n) is 3.62. The topological polar surface area (TPSA) is 21.1 Å². The van der Waals surface area contributed by atoms with E-state index in [1.807, 2.05) is 17.9 Å². The summed E-state index contributed by atoms with van der Waals surface area (Å²) in [5, 5.41) is 5.34. The van der Waals surface area contributed by atoms with Crippen LogP contribution in [0.1, 0.15) is 31.2 Å². The second kappa shape index (κ2) is 6.55. The summed E-state index contributed by atoms with van der Waals surface area (Å²) in [6.45, 7) is 2.43. The van der Waals surface area contributed by atoms with Crippen LogP contribution in [0.3, 0.4) is 0 Å². The molecule has 0 amide bonds. The molecule has 1 saturated heterocycles. The third kappa shape index (κ3) is 3.81. The molecule has 1 atom stereocenters. The van der Waals surface area contributed by atoms with Crippen molar-refractivity contribution >= 4 is 15.9 Å². The Hall–Kier alpha value is -0.350. The summed E-state index contributed by atoms with van der Waals surface area (Å²) in [6.07, 6.45) is 10.7. The summed E-state index contributed by atoms with van der Waals surface area (Å²) in [4.78, 5) is 2.65. The highest BCUT2D eigenvalue weighted by Crippen LogP contribution is 2.18. The molecular weight excluding hydrogens is 278 g/mol. The molecule has 0 radical (unpaired) electrons. The molecule has 96 valence electrons. The number of nitrogens with zero attached hydrogens (tertiary/aromatic N) is 3. The van der Waals surface area contributed by atoms with Crippen molar-refractivity contribution in [1.82, 2.24) is 14.7 Å². The van der Waals surface area contributed by atoms with Crippen molar-refractivity contribution in [2.75, 3.05) is 18.4 Å². The molecule has 1 aromatic rings. The summed E-state index contributed by atoms with van der Waals surface area (Å²) in [5.74, 6) is 0. The van der Waals surface area contributed by atoms with Crippen LogP contribution in [0.2, 0.25) is 0 Å². The number of alkyl halides is 1. The summed E-state index contributed by atoms with van der Waals surface area (Å²) in [6, 6.07) is 0.731. The average Bonchev–Trinajstić information content (AvgIpc) is 2.63. The van der Waals surface area contributed by atoms with Crippen LogP contribution in [0, 0.1) is 0 Å². The van der Waals surface area contributed by atoms with Crippen molar-refractivity contribution in [3.8, 4) is 0 Å². The Bertz CT molecular complexity index is 337. The van der Waals surface area contributed by atoms with E-state index in [2.05, 4.69) is 32.1 Å². The standard InChI is InChI=1S/C13H22BrN3/c1-16-11-12(10-15-16)6-8-17-7-4-2-3-5-13(17)9-14/h10-11,13H,2-9H2,1H3. The fourth-order valence-corrected chi connectivity index (χ4v) is 3.31. The van der Waals surface area contributed by atoms with Crippen LogP contribution in [0.25, 0.3) is 0 Å². The lowest BCUT2D eigenvalue weighted by atomic mass is 10.1. The molecule has 1 aliphatic heterocycles. The van der Waals surface area contributed by atoms with Crippen LogP contribution < -0.4 is 0 Å². The van der Waals surface area contributed by atoms with Gasteiger partial charge in [-0.15, -0.1) is 0 Å². The van der Waals surface area contributed by atoms with Gasteiger partial charge in [-0.3, -0.25) is 9.58 Å². The zero-order chi connectivity index (χ0) is 12.1. The van der Waals surface area contributed by atoms with E-state index in [0.29, 0.717) is 0 Å². The van der Waals surface area contributed by atoms with Gasteiger partial charge in [0.15, 0.2) is 0 Å². The minimum atomic E-state index is 0.731. The molecule has 17 heavy (non-hydrogen) atoms. The molecule has 2 heterocycles. The van der Waals surface area contributed by atoms with Gasteiger partial charge in [0.1, 0.15) is 0 Å². The van der Waals surface area contributed by atoms with Crippen molar-refractivity contribution in [1.29, 1.82) is 0 Å². The minimum Gasteiger partial charge on any atom is -0.299 e. The molecule has 0 aliphatic carbocycles. The maximum absolute atomic E-state index is 4.23. The van der Waals surface area contributed by atoms with Crippen molar-refractivity contribution in [3.63, 3.8) is 0 Å². The van der Waals surface area contributed by atoms with Gasteiger partial charge >= 0.3 is 0 Å². The van der Waals surface area contributed by atoms with Gasteiger partial charge < -0.3 is 0 Å². The third-order valence-corrected chi connectivity index (χ3v) is 4.37. The van der Waals surface area contributed by atoms with Crippen LogP contribution in [-0.4, -0.2) is 39.1 Å². The summed E-state index contributed by atoms with van der Waals surface area (Å²) in [5.41, 5.74) is 1.35. The maximum Gasteiger partial charge on any atom is 0.0522 e. The van der Waals surface area contributed by atoms with Gasteiger partial charge in [0.25, 0.3) is 0 Å². The SMILES string of the molecule is Cn1cc(CCN2CCCCCC2CBr)cn1. The lowest BCUT2D eigenvalue weighted by molar-refractivity contribution is 0.221. The van der Waals surface area contributed by atoms with Crippen molar-refractivity contribution in [2.24, 2.45) is 7.05 Å². The molecule has 0 bridgehead atoms. The molecule has 0 N–H and O–H groups in total. The Morgan fingerprint density at radius 1 is 1.41 bits per heavy atom. The van der Waals surface area contributed by atoms with Crippen LogP contribution in [0.5, 0.6) is 0 Å². The first kappa shape index (κ1) is 13.1. The Labute approximate surface area is 112 Å². The predicted octanol–water partition coefficient (Wildman–Crippen LogP) is 2.60. The molecule has 4 heteroatoms. The van der Waals surface area contributed by atoms with E-state index in [9.17, 15) is 0 Å². The number of aromatic nitrogens is 2. The van der Waals surface area contributed by atoms with Gasteiger partial charge in [-0.2, -0.15) is 5.10 Å². The van der Waals surface area contributed by atoms with Crippen molar-refractivity contribution < 1.29 is 0 Å². The highest BCUT2D eigenvalue weighted by molar-refractivity contribution is 9.09. The van der Waals surface area contributed by atoms with Crippen molar-refractivity contribution in [2.45, 2.75) is 38.1 Å². The quantitative estimate of drug-likeness (QED) is 0.797. The average molecular weight is 300 g/mol. The monoisotopic (exact) mass is 299 g/mol. The fraction of sp³-hybridized carbons (Fsp3) is 0.769. The smallest absolute Gasteiger partial charge is 0.0522 e. The van der Waals surface area contributed by atoms with Gasteiger partial charge in [-0.1, -0.05) is 28.8 Å². The molecule has 3 nitrogen and oxygen atoms in total. The van der Waals surface area contributed by atoms with Crippen molar-refractivity contribution in [3.05, 3.63) is 18.0 Å². The van der Waals surface area contributed by atoms with E-state index >= 15 is 0 Å². The molecule has 1 unspecified atom stereocenters. The summed E-state index contributed by atoms with van der Waals surface area (Å²) < 4.78 is 1.89. The second-order valence-corrected chi connectivity index (χ2v) is 5.61. The number of rotatable bonds is 4. The van der Waals surface area contributed by atoms with Crippen LogP contribution in [0.4, 0.5) is 0 Å². The number of hydrogen-bond acceptors (Lipinski definition) is 2. The number of likely N-dealkylation sites (tertiary alicyclic amines) is 1. The van der Waals surface area contributed by atoms with Crippen LogP contribution in [-0.2, 0) is 13.5 Å². The lowest BCUT2D eigenvalue weighted by Gasteiger charge is -2.28. The van der Waals surface area contributed by atoms with E-state index in [1.165, 1.54) is 44.3 Å². The lowest BCUT2D eigenvalue weighted by Crippen LogP contribution is -2.37. The van der Waals surface area contributed by atoms with Gasteiger partial charge in [-0.25, -0.2) is 0 Å². The Morgan fingerprint density at radius 2 is 2.29 bits per heavy atom. The number of aryl methyl sites for hydroxylation is 1. The maximum atomic E-state index is 4.23. The van der Waals surface area contributed by atoms with Gasteiger partial charge in [0.2, 0.25) is 0 Å². The molecule has 0 spiro atoms. The molecule has 0 saturated carbocycles. The molecule has 2 rings (SSSR count). The Kier molecular flexibility index (Phi) is 5.04. The van der Waals surface area contributed by atoms with Gasteiger partial charge in [0.05, 0.1) is 6.20 Å². The summed E-state index contributed by atoms with van der Waals surface area (Å²) >= 11 is 3.66. The zero-order valence-corrected chi connectivity index (χ0v) is 12.2. The largest absolute Gasteiger partial charge is 0.299 e. The second-order valence-electron chi connectivity index (χ2n) is 4.97. The van der Waals surface area contributed by atoms with E-state index in [0.717, 1.165) is 17.8 Å². The molecular formula is C13H22BrN3. The van der Waals surface area contributed by atoms with Crippen LogP contribution in [0.15, 0.2) is 12.4 Å². The number of hydrogen-bond donors (Lipinski definition) is 0. The minimum absolute atomic E-state index is 0.731. The Morgan fingerprint density at radius 3 is 3.00 bits per heavy atom. The predicted molar refractivity (Wildman–Crippen MR) is 74.5 cm³/mol. The van der Waals surface area contributed by atoms with E-state index in [4.69, 9.17) is 0 Å². The fourth-order valence-electron chi connectivity index (χ4n) is 2.58. The van der Waals surface area contributed by atoms with E-state index < -0.39 is 0 Å². The molecule has 1 fully saturated rings. The van der Waals surface area contributed by atoms with E-state index in [-0.39, 0.29) is 0 Å². The normalized spacial score (nSPS) is 22.6. The van der Waals surface area contributed by atoms with Gasteiger partial charge in [0, 0.05) is 31.2 Å². The number of halogens is 1. The first-order chi connectivity index (χ1) is 8.29. The van der Waals surface area contributed by atoms with Gasteiger partial charge in [-0.05, 0) is 31.4 Å². The molecule has 1 aliphatic rings. The first-order valence-electron chi connectivity index (χ1n) is 6.57. The van der Waals surface area contributed by atoms with E-state index in [1.54, 1.807) is 0 Å². The summed E-state index contributed by atoms with van der Waals surface area (Å²) in [7, 11) is 1.98. The molecule has 0 aromatic carbocycles. The first-order valence-corrected chi connectivity index (χ1v) is 7.69. The zero-order valence-electron chi connectivity index (χ0n) is 10.6. The highest BCUT2D eigenvalue weighted by Gasteiger charge is 2.19. The molecule has 1 aromatic heterocycles.